The van der Waals surface area contributed by atoms with Crippen molar-refractivity contribution in [1.29, 1.82) is 0 Å². The topological polar surface area (TPSA) is 122 Å². The number of sulfonamides is 1. The highest BCUT2D eigenvalue weighted by Gasteiger charge is 2.31. The molecule has 10 heteroatoms. The minimum atomic E-state index is -3.87. The largest absolute Gasteiger partial charge is 0.393 e. The van der Waals surface area contributed by atoms with E-state index in [4.69, 9.17) is 4.74 Å². The lowest BCUT2D eigenvalue weighted by Gasteiger charge is -2.30. The molecule has 1 aromatic carbocycles. The molecule has 2 fully saturated rings. The van der Waals surface area contributed by atoms with Gasteiger partial charge in [0.05, 0.1) is 29.9 Å². The molecule has 9 nitrogen and oxygen atoms in total. The molecule has 0 bridgehead atoms. The van der Waals surface area contributed by atoms with Gasteiger partial charge in [-0.3, -0.25) is 10.1 Å². The van der Waals surface area contributed by atoms with Crippen molar-refractivity contribution in [3.05, 3.63) is 28.3 Å². The van der Waals surface area contributed by atoms with E-state index >= 15 is 0 Å². The Morgan fingerprint density at radius 3 is 2.46 bits per heavy atom. The van der Waals surface area contributed by atoms with E-state index in [1.54, 1.807) is 0 Å². The standard InChI is InChI=1S/C16H23N3O6S/c20-14-4-1-12(2-5-14)17-15-6-3-13(19(21)22)11-16(15)26(23,24)18-7-9-25-10-8-18/h3,6,11-12,14,17,20H,1-2,4-5,7-10H2. The summed E-state index contributed by atoms with van der Waals surface area (Å²) in [6.45, 7) is 1.05. The lowest BCUT2D eigenvalue weighted by molar-refractivity contribution is -0.385. The first-order chi connectivity index (χ1) is 12.4. The second-order valence-corrected chi connectivity index (χ2v) is 8.51. The van der Waals surface area contributed by atoms with Gasteiger partial charge in [0.25, 0.3) is 5.69 Å². The maximum atomic E-state index is 13.0. The average molecular weight is 385 g/mol. The Balaban J connectivity index is 1.92. The molecular weight excluding hydrogens is 362 g/mol. The molecule has 1 aromatic rings. The summed E-state index contributed by atoms with van der Waals surface area (Å²) in [5.74, 6) is 0. The quantitative estimate of drug-likeness (QED) is 0.579. The Bertz CT molecular complexity index is 755. The normalized spacial score (nSPS) is 25.0. The summed E-state index contributed by atoms with van der Waals surface area (Å²) < 4.78 is 32.6. The third-order valence-corrected chi connectivity index (χ3v) is 6.76. The number of nitro groups is 1. The van der Waals surface area contributed by atoms with Crippen molar-refractivity contribution < 1.29 is 23.2 Å². The van der Waals surface area contributed by atoms with Crippen molar-refractivity contribution in [2.24, 2.45) is 0 Å². The molecule has 1 aliphatic carbocycles. The summed E-state index contributed by atoms with van der Waals surface area (Å²) in [5.41, 5.74) is 0.102. The van der Waals surface area contributed by atoms with Crippen molar-refractivity contribution in [2.75, 3.05) is 31.6 Å². The summed E-state index contributed by atoms with van der Waals surface area (Å²) in [6, 6.07) is 3.90. The van der Waals surface area contributed by atoms with Crippen LogP contribution in [0.4, 0.5) is 11.4 Å². The van der Waals surface area contributed by atoms with E-state index in [2.05, 4.69) is 5.32 Å². The minimum Gasteiger partial charge on any atom is -0.393 e. The van der Waals surface area contributed by atoms with E-state index in [9.17, 15) is 23.6 Å². The molecule has 0 aromatic heterocycles. The number of nitro benzene ring substituents is 1. The van der Waals surface area contributed by atoms with Gasteiger partial charge in [-0.25, -0.2) is 8.42 Å². The number of ether oxygens (including phenoxy) is 1. The highest BCUT2D eigenvalue weighted by atomic mass is 32.2. The highest BCUT2D eigenvalue weighted by molar-refractivity contribution is 7.89. The van der Waals surface area contributed by atoms with Gasteiger partial charge < -0.3 is 15.2 Å². The molecule has 0 spiro atoms. The van der Waals surface area contributed by atoms with Crippen molar-refractivity contribution >= 4 is 21.4 Å². The first-order valence-corrected chi connectivity index (χ1v) is 10.1. The molecule has 1 saturated carbocycles. The van der Waals surface area contributed by atoms with E-state index < -0.39 is 14.9 Å². The van der Waals surface area contributed by atoms with Crippen LogP contribution in [0.15, 0.2) is 23.1 Å². The van der Waals surface area contributed by atoms with Crippen LogP contribution in [0.1, 0.15) is 25.7 Å². The number of aliphatic hydroxyl groups excluding tert-OH is 1. The fourth-order valence-corrected chi connectivity index (χ4v) is 4.91. The Morgan fingerprint density at radius 1 is 1.19 bits per heavy atom. The van der Waals surface area contributed by atoms with Crippen LogP contribution in [-0.2, 0) is 14.8 Å². The molecule has 1 heterocycles. The van der Waals surface area contributed by atoms with E-state index in [-0.39, 0.29) is 35.8 Å². The maximum Gasteiger partial charge on any atom is 0.270 e. The first-order valence-electron chi connectivity index (χ1n) is 8.69. The van der Waals surface area contributed by atoms with Crippen molar-refractivity contribution in [1.82, 2.24) is 4.31 Å². The van der Waals surface area contributed by atoms with Crippen molar-refractivity contribution in [3.63, 3.8) is 0 Å². The van der Waals surface area contributed by atoms with E-state index in [0.717, 1.165) is 18.9 Å². The van der Waals surface area contributed by atoms with Crippen LogP contribution in [0.3, 0.4) is 0 Å². The number of rotatable bonds is 5. The lowest BCUT2D eigenvalue weighted by atomic mass is 9.93. The number of nitrogens with one attached hydrogen (secondary N) is 1. The van der Waals surface area contributed by atoms with Crippen LogP contribution in [-0.4, -0.2) is 61.2 Å². The maximum absolute atomic E-state index is 13.0. The van der Waals surface area contributed by atoms with Gasteiger partial charge in [-0.15, -0.1) is 0 Å². The fourth-order valence-electron chi connectivity index (χ4n) is 3.32. The van der Waals surface area contributed by atoms with Gasteiger partial charge in [-0.05, 0) is 31.7 Å². The van der Waals surface area contributed by atoms with Gasteiger partial charge in [0, 0.05) is 31.3 Å². The van der Waals surface area contributed by atoms with Crippen LogP contribution in [0.5, 0.6) is 0 Å². The predicted octanol–water partition coefficient (Wildman–Crippen LogP) is 1.33. The van der Waals surface area contributed by atoms with Crippen LogP contribution >= 0.6 is 0 Å². The lowest BCUT2D eigenvalue weighted by Crippen LogP contribution is -2.41. The molecular formula is C16H23N3O6S. The number of nitrogens with zero attached hydrogens (tertiary/aromatic N) is 2. The molecule has 2 N–H and O–H groups in total. The molecule has 1 aliphatic heterocycles. The zero-order valence-corrected chi connectivity index (χ0v) is 15.2. The molecule has 2 aliphatic rings. The zero-order chi connectivity index (χ0) is 18.7. The van der Waals surface area contributed by atoms with Crippen LogP contribution < -0.4 is 5.32 Å². The van der Waals surface area contributed by atoms with Gasteiger partial charge in [0.1, 0.15) is 4.90 Å². The van der Waals surface area contributed by atoms with E-state index in [0.29, 0.717) is 31.7 Å². The number of anilines is 1. The number of benzene rings is 1. The molecule has 3 rings (SSSR count). The fraction of sp³-hybridized carbons (Fsp3) is 0.625. The Morgan fingerprint density at radius 2 is 1.85 bits per heavy atom. The van der Waals surface area contributed by atoms with Gasteiger partial charge in [0.15, 0.2) is 0 Å². The summed E-state index contributed by atoms with van der Waals surface area (Å²) in [6.07, 6.45) is 2.41. The molecule has 26 heavy (non-hydrogen) atoms. The van der Waals surface area contributed by atoms with Crippen molar-refractivity contribution in [2.45, 2.75) is 42.7 Å². The van der Waals surface area contributed by atoms with Gasteiger partial charge in [-0.2, -0.15) is 4.31 Å². The van der Waals surface area contributed by atoms with Gasteiger partial charge in [0.2, 0.25) is 10.0 Å². The number of morpholine rings is 1. The number of hydrogen-bond donors (Lipinski definition) is 2. The molecule has 0 unspecified atom stereocenters. The van der Waals surface area contributed by atoms with E-state index in [1.165, 1.54) is 16.4 Å². The Labute approximate surface area is 152 Å². The smallest absolute Gasteiger partial charge is 0.270 e. The third-order valence-electron chi connectivity index (χ3n) is 4.82. The number of hydrogen-bond acceptors (Lipinski definition) is 7. The van der Waals surface area contributed by atoms with Crippen molar-refractivity contribution in [3.8, 4) is 0 Å². The SMILES string of the molecule is O=[N+]([O-])c1ccc(NC2CCC(O)CC2)c(S(=O)(=O)N2CCOCC2)c1. The molecule has 0 atom stereocenters. The molecule has 1 saturated heterocycles. The second kappa shape index (κ2) is 7.87. The predicted molar refractivity (Wildman–Crippen MR) is 94.6 cm³/mol. The summed E-state index contributed by atoms with van der Waals surface area (Å²) in [7, 11) is -3.87. The Hall–Kier alpha value is -1.75. The first kappa shape index (κ1) is 19.0. The van der Waals surface area contributed by atoms with Crippen LogP contribution in [0, 0.1) is 10.1 Å². The second-order valence-electron chi connectivity index (χ2n) is 6.60. The minimum absolute atomic E-state index is 0.0264. The highest BCUT2D eigenvalue weighted by Crippen LogP contribution is 2.32. The van der Waals surface area contributed by atoms with E-state index in [1.807, 2.05) is 0 Å². The monoisotopic (exact) mass is 385 g/mol. The van der Waals surface area contributed by atoms with Crippen LogP contribution in [0.25, 0.3) is 0 Å². The Kier molecular flexibility index (Phi) is 5.76. The molecule has 144 valence electrons. The summed E-state index contributed by atoms with van der Waals surface area (Å²) in [4.78, 5) is 10.4. The molecule has 0 amide bonds. The summed E-state index contributed by atoms with van der Waals surface area (Å²) in [5, 5.41) is 24.0. The number of non-ortho nitro benzene ring substituents is 1. The van der Waals surface area contributed by atoms with Gasteiger partial charge >= 0.3 is 0 Å². The zero-order valence-electron chi connectivity index (χ0n) is 14.3. The number of aliphatic hydroxyl groups is 1. The molecule has 0 radical (unpaired) electrons. The van der Waals surface area contributed by atoms with Gasteiger partial charge in [-0.1, -0.05) is 0 Å². The average Bonchev–Trinajstić information content (AvgIpc) is 2.64. The summed E-state index contributed by atoms with van der Waals surface area (Å²) >= 11 is 0. The third kappa shape index (κ3) is 4.14. The van der Waals surface area contributed by atoms with Crippen LogP contribution in [0.2, 0.25) is 0 Å².